The SMILES string of the molecule is CCCOC(=O)C(=O)c1cccnc1. The van der Waals surface area contributed by atoms with Crippen molar-refractivity contribution in [2.75, 3.05) is 6.61 Å². The average Bonchev–Trinajstić information content (AvgIpc) is 2.26. The predicted octanol–water partition coefficient (Wildman–Crippen LogP) is 1.22. The summed E-state index contributed by atoms with van der Waals surface area (Å²) in [5, 5.41) is 0. The van der Waals surface area contributed by atoms with Gasteiger partial charge in [-0.1, -0.05) is 6.92 Å². The van der Waals surface area contributed by atoms with E-state index in [1.165, 1.54) is 18.5 Å². The predicted molar refractivity (Wildman–Crippen MR) is 49.8 cm³/mol. The minimum absolute atomic E-state index is 0.258. The summed E-state index contributed by atoms with van der Waals surface area (Å²) in [6, 6.07) is 3.13. The zero-order valence-electron chi connectivity index (χ0n) is 7.90. The molecule has 0 bridgehead atoms. The van der Waals surface area contributed by atoms with Crippen LogP contribution in [0.5, 0.6) is 0 Å². The highest BCUT2D eigenvalue weighted by atomic mass is 16.5. The van der Waals surface area contributed by atoms with Crippen molar-refractivity contribution in [3.05, 3.63) is 30.1 Å². The molecule has 1 aromatic rings. The van der Waals surface area contributed by atoms with Gasteiger partial charge < -0.3 is 4.74 Å². The van der Waals surface area contributed by atoms with Crippen LogP contribution in [0.1, 0.15) is 23.7 Å². The Bertz CT molecular complexity index is 321. The molecule has 4 nitrogen and oxygen atoms in total. The normalized spacial score (nSPS) is 9.50. The van der Waals surface area contributed by atoms with Crippen molar-refractivity contribution in [1.29, 1.82) is 0 Å². The van der Waals surface area contributed by atoms with E-state index >= 15 is 0 Å². The maximum absolute atomic E-state index is 11.3. The molecule has 0 spiro atoms. The minimum Gasteiger partial charge on any atom is -0.460 e. The smallest absolute Gasteiger partial charge is 0.379 e. The Morgan fingerprint density at radius 1 is 1.50 bits per heavy atom. The van der Waals surface area contributed by atoms with Crippen LogP contribution in [-0.2, 0) is 9.53 Å². The van der Waals surface area contributed by atoms with E-state index in [1.54, 1.807) is 6.07 Å². The molecule has 0 N–H and O–H groups in total. The van der Waals surface area contributed by atoms with E-state index in [1.807, 2.05) is 6.92 Å². The molecular weight excluding hydrogens is 182 g/mol. The standard InChI is InChI=1S/C10H11NO3/c1-2-6-14-10(13)9(12)8-4-3-5-11-7-8/h3-5,7H,2,6H2,1H3. The lowest BCUT2D eigenvalue weighted by Gasteiger charge is -2.00. The summed E-state index contributed by atoms with van der Waals surface area (Å²) in [5.74, 6) is -1.47. The Morgan fingerprint density at radius 2 is 2.29 bits per heavy atom. The molecule has 0 atom stereocenters. The topological polar surface area (TPSA) is 56.3 Å². The van der Waals surface area contributed by atoms with Crippen molar-refractivity contribution in [3.8, 4) is 0 Å². The van der Waals surface area contributed by atoms with Gasteiger partial charge in [-0.15, -0.1) is 0 Å². The zero-order valence-corrected chi connectivity index (χ0v) is 7.90. The summed E-state index contributed by atoms with van der Waals surface area (Å²) in [6.07, 6.45) is 3.58. The molecule has 1 aromatic heterocycles. The van der Waals surface area contributed by atoms with Crippen LogP contribution in [0.15, 0.2) is 24.5 Å². The molecular formula is C10H11NO3. The zero-order chi connectivity index (χ0) is 10.4. The number of rotatable bonds is 4. The number of ketones is 1. The lowest BCUT2D eigenvalue weighted by molar-refractivity contribution is -0.138. The van der Waals surface area contributed by atoms with Gasteiger partial charge in [0, 0.05) is 18.0 Å². The van der Waals surface area contributed by atoms with Gasteiger partial charge in [-0.2, -0.15) is 0 Å². The average molecular weight is 193 g/mol. The van der Waals surface area contributed by atoms with Gasteiger partial charge in [0.05, 0.1) is 6.61 Å². The second kappa shape index (κ2) is 5.11. The number of Topliss-reactive ketones (excluding diaryl/α,β-unsaturated/α-hetero) is 1. The monoisotopic (exact) mass is 193 g/mol. The Kier molecular flexibility index (Phi) is 3.79. The van der Waals surface area contributed by atoms with Crippen LogP contribution >= 0.6 is 0 Å². The molecule has 0 aliphatic heterocycles. The Hall–Kier alpha value is -1.71. The molecule has 1 heterocycles. The molecule has 0 aliphatic rings. The molecule has 0 saturated heterocycles. The molecule has 0 fully saturated rings. The van der Waals surface area contributed by atoms with Crippen LogP contribution in [0.2, 0.25) is 0 Å². The van der Waals surface area contributed by atoms with Crippen molar-refractivity contribution in [3.63, 3.8) is 0 Å². The van der Waals surface area contributed by atoms with Crippen molar-refractivity contribution < 1.29 is 14.3 Å². The molecule has 14 heavy (non-hydrogen) atoms. The van der Waals surface area contributed by atoms with Crippen LogP contribution in [0.3, 0.4) is 0 Å². The Balaban J connectivity index is 2.62. The molecule has 0 amide bonds. The van der Waals surface area contributed by atoms with E-state index in [0.29, 0.717) is 6.42 Å². The molecule has 74 valence electrons. The number of nitrogens with zero attached hydrogens (tertiary/aromatic N) is 1. The van der Waals surface area contributed by atoms with Gasteiger partial charge in [0.1, 0.15) is 0 Å². The minimum atomic E-state index is -0.820. The summed E-state index contributed by atoms with van der Waals surface area (Å²) in [6.45, 7) is 2.13. The second-order valence-electron chi connectivity index (χ2n) is 2.71. The maximum atomic E-state index is 11.3. The fraction of sp³-hybridized carbons (Fsp3) is 0.300. The van der Waals surface area contributed by atoms with Gasteiger partial charge in [0.2, 0.25) is 0 Å². The lowest BCUT2D eigenvalue weighted by atomic mass is 10.2. The second-order valence-corrected chi connectivity index (χ2v) is 2.71. The third kappa shape index (κ3) is 2.65. The van der Waals surface area contributed by atoms with E-state index in [0.717, 1.165) is 0 Å². The van der Waals surface area contributed by atoms with Crippen molar-refractivity contribution in [2.24, 2.45) is 0 Å². The van der Waals surface area contributed by atoms with Crippen molar-refractivity contribution in [1.82, 2.24) is 4.98 Å². The summed E-state index contributed by atoms with van der Waals surface area (Å²) < 4.78 is 4.69. The quantitative estimate of drug-likeness (QED) is 0.410. The van der Waals surface area contributed by atoms with E-state index in [2.05, 4.69) is 4.98 Å². The first-order valence-electron chi connectivity index (χ1n) is 4.37. The molecule has 0 aliphatic carbocycles. The number of pyridine rings is 1. The fourth-order valence-corrected chi connectivity index (χ4v) is 0.875. The van der Waals surface area contributed by atoms with Gasteiger partial charge in [0.25, 0.3) is 5.78 Å². The van der Waals surface area contributed by atoms with Gasteiger partial charge in [-0.25, -0.2) is 4.79 Å². The van der Waals surface area contributed by atoms with Crippen LogP contribution in [0, 0.1) is 0 Å². The van der Waals surface area contributed by atoms with Gasteiger partial charge in [-0.05, 0) is 18.6 Å². The van der Waals surface area contributed by atoms with Crippen molar-refractivity contribution >= 4 is 11.8 Å². The highest BCUT2D eigenvalue weighted by Gasteiger charge is 2.16. The lowest BCUT2D eigenvalue weighted by Crippen LogP contribution is -2.18. The van der Waals surface area contributed by atoms with E-state index < -0.39 is 11.8 Å². The number of aromatic nitrogens is 1. The van der Waals surface area contributed by atoms with Crippen LogP contribution in [0.4, 0.5) is 0 Å². The number of hydrogen-bond donors (Lipinski definition) is 0. The summed E-state index contributed by atoms with van der Waals surface area (Å²) in [5.41, 5.74) is 0.258. The summed E-state index contributed by atoms with van der Waals surface area (Å²) in [7, 11) is 0. The highest BCUT2D eigenvalue weighted by molar-refractivity contribution is 6.40. The molecule has 0 unspecified atom stereocenters. The number of carbonyl (C=O) groups is 2. The third-order valence-electron chi connectivity index (χ3n) is 1.55. The van der Waals surface area contributed by atoms with Crippen LogP contribution in [-0.4, -0.2) is 23.3 Å². The fourth-order valence-electron chi connectivity index (χ4n) is 0.875. The Morgan fingerprint density at radius 3 is 2.86 bits per heavy atom. The first kappa shape index (κ1) is 10.4. The first-order valence-corrected chi connectivity index (χ1v) is 4.37. The summed E-state index contributed by atoms with van der Waals surface area (Å²) in [4.78, 5) is 26.2. The molecule has 0 radical (unpaired) electrons. The highest BCUT2D eigenvalue weighted by Crippen LogP contribution is 1.99. The first-order chi connectivity index (χ1) is 6.75. The van der Waals surface area contributed by atoms with E-state index in [9.17, 15) is 9.59 Å². The van der Waals surface area contributed by atoms with E-state index in [4.69, 9.17) is 4.74 Å². The molecule has 0 saturated carbocycles. The van der Waals surface area contributed by atoms with Gasteiger partial charge >= 0.3 is 5.97 Å². The molecule has 1 rings (SSSR count). The largest absolute Gasteiger partial charge is 0.460 e. The van der Waals surface area contributed by atoms with Gasteiger partial charge in [0.15, 0.2) is 0 Å². The number of carbonyl (C=O) groups excluding carboxylic acids is 2. The van der Waals surface area contributed by atoms with E-state index in [-0.39, 0.29) is 12.2 Å². The number of ether oxygens (including phenoxy) is 1. The Labute approximate surface area is 81.9 Å². The van der Waals surface area contributed by atoms with Gasteiger partial charge in [-0.3, -0.25) is 9.78 Å². The molecule has 0 aromatic carbocycles. The number of esters is 1. The third-order valence-corrected chi connectivity index (χ3v) is 1.55. The summed E-state index contributed by atoms with van der Waals surface area (Å²) >= 11 is 0. The molecule has 4 heteroatoms. The van der Waals surface area contributed by atoms with Crippen molar-refractivity contribution in [2.45, 2.75) is 13.3 Å². The van der Waals surface area contributed by atoms with Crippen LogP contribution in [0.25, 0.3) is 0 Å². The maximum Gasteiger partial charge on any atom is 0.379 e. The van der Waals surface area contributed by atoms with Crippen LogP contribution < -0.4 is 0 Å². The number of hydrogen-bond acceptors (Lipinski definition) is 4.